The Labute approximate surface area is 121 Å². The van der Waals surface area contributed by atoms with Crippen molar-refractivity contribution in [3.8, 4) is 0 Å². The Balaban J connectivity index is 2.60. The zero-order chi connectivity index (χ0) is 12.1. The average molecular weight is 372 g/mol. The van der Waals surface area contributed by atoms with Crippen molar-refractivity contribution in [3.05, 3.63) is 33.8 Å². The number of hydrogen-bond donors (Lipinski definition) is 1. The van der Waals surface area contributed by atoms with Crippen LogP contribution in [-0.2, 0) is 6.54 Å². The zero-order valence-corrected chi connectivity index (χ0v) is 13.1. The highest BCUT2D eigenvalue weighted by molar-refractivity contribution is 14.1. The maximum atomic E-state index is 6.11. The monoisotopic (exact) mass is 371 g/mol. The summed E-state index contributed by atoms with van der Waals surface area (Å²) in [7, 11) is 0. The second-order valence-corrected chi connectivity index (χ2v) is 5.85. The number of benzene rings is 1. The van der Waals surface area contributed by atoms with Crippen molar-refractivity contribution in [2.24, 2.45) is 5.92 Å². The molecule has 90 valence electrons. The predicted molar refractivity (Wildman–Crippen MR) is 80.8 cm³/mol. The summed E-state index contributed by atoms with van der Waals surface area (Å²) < 4.78 is 1.10. The van der Waals surface area contributed by atoms with Crippen LogP contribution in [0, 0.1) is 5.92 Å². The lowest BCUT2D eigenvalue weighted by atomic mass is 10.1. The van der Waals surface area contributed by atoms with Gasteiger partial charge in [-0.3, -0.25) is 0 Å². The first-order valence-electron chi connectivity index (χ1n) is 5.28. The van der Waals surface area contributed by atoms with Gasteiger partial charge in [-0.1, -0.05) is 65.7 Å². The second-order valence-electron chi connectivity index (χ2n) is 4.12. The third kappa shape index (κ3) is 4.40. The van der Waals surface area contributed by atoms with Gasteiger partial charge < -0.3 is 5.32 Å². The molecule has 0 fully saturated rings. The molecule has 4 heteroatoms. The molecule has 0 radical (unpaired) electrons. The van der Waals surface area contributed by atoms with Gasteiger partial charge in [0.1, 0.15) is 0 Å². The fourth-order valence-corrected chi connectivity index (χ4v) is 3.18. The van der Waals surface area contributed by atoms with Crippen LogP contribution in [0.2, 0.25) is 10.0 Å². The minimum absolute atomic E-state index is 0.521. The molecule has 0 heterocycles. The van der Waals surface area contributed by atoms with Crippen molar-refractivity contribution in [1.82, 2.24) is 5.32 Å². The van der Waals surface area contributed by atoms with Gasteiger partial charge in [-0.2, -0.15) is 0 Å². The standard InChI is InChI=1S/C12H16Cl2IN/c1-8(2)12(6-15)16-7-9-3-4-10(13)5-11(9)14/h3-5,8,12,16H,6-7H2,1-2H3. The molecule has 0 aromatic heterocycles. The molecular weight excluding hydrogens is 356 g/mol. The number of alkyl halides is 1. The van der Waals surface area contributed by atoms with E-state index in [1.807, 2.05) is 12.1 Å². The van der Waals surface area contributed by atoms with E-state index in [9.17, 15) is 0 Å². The number of nitrogens with one attached hydrogen (secondary N) is 1. The van der Waals surface area contributed by atoms with Crippen molar-refractivity contribution in [2.45, 2.75) is 26.4 Å². The molecule has 1 atom stereocenters. The van der Waals surface area contributed by atoms with Crippen molar-refractivity contribution >= 4 is 45.8 Å². The molecule has 0 aliphatic carbocycles. The lowest BCUT2D eigenvalue weighted by Crippen LogP contribution is -2.34. The molecule has 0 amide bonds. The smallest absolute Gasteiger partial charge is 0.0465 e. The van der Waals surface area contributed by atoms with Crippen LogP contribution in [0.4, 0.5) is 0 Å². The Hall–Kier alpha value is 0.490. The van der Waals surface area contributed by atoms with Gasteiger partial charge in [-0.05, 0) is 23.6 Å². The lowest BCUT2D eigenvalue weighted by molar-refractivity contribution is 0.436. The van der Waals surface area contributed by atoms with Crippen LogP contribution in [0.3, 0.4) is 0 Å². The van der Waals surface area contributed by atoms with Gasteiger partial charge >= 0.3 is 0 Å². The van der Waals surface area contributed by atoms with Crippen LogP contribution >= 0.6 is 45.8 Å². The Morgan fingerprint density at radius 3 is 2.50 bits per heavy atom. The molecule has 0 aliphatic rings. The van der Waals surface area contributed by atoms with Gasteiger partial charge in [-0.15, -0.1) is 0 Å². The summed E-state index contributed by atoms with van der Waals surface area (Å²) in [6.45, 7) is 5.24. The van der Waals surface area contributed by atoms with E-state index in [2.05, 4.69) is 41.8 Å². The summed E-state index contributed by atoms with van der Waals surface area (Å²) in [4.78, 5) is 0. The quantitative estimate of drug-likeness (QED) is 0.591. The maximum absolute atomic E-state index is 6.11. The van der Waals surface area contributed by atoms with E-state index in [-0.39, 0.29) is 0 Å². The van der Waals surface area contributed by atoms with E-state index in [1.54, 1.807) is 6.07 Å². The normalized spacial score (nSPS) is 13.1. The molecule has 0 spiro atoms. The summed E-state index contributed by atoms with van der Waals surface area (Å²) in [5.41, 5.74) is 1.10. The highest BCUT2D eigenvalue weighted by Gasteiger charge is 2.11. The molecule has 0 saturated carbocycles. The van der Waals surface area contributed by atoms with Crippen LogP contribution in [0.25, 0.3) is 0 Å². The van der Waals surface area contributed by atoms with E-state index < -0.39 is 0 Å². The van der Waals surface area contributed by atoms with E-state index in [1.165, 1.54) is 0 Å². The minimum atomic E-state index is 0.521. The molecule has 0 aliphatic heterocycles. The topological polar surface area (TPSA) is 12.0 Å². The van der Waals surface area contributed by atoms with Gasteiger partial charge in [0, 0.05) is 27.1 Å². The van der Waals surface area contributed by atoms with Crippen LogP contribution in [0.5, 0.6) is 0 Å². The van der Waals surface area contributed by atoms with Crippen molar-refractivity contribution < 1.29 is 0 Å². The summed E-state index contributed by atoms with van der Waals surface area (Å²) in [6, 6.07) is 6.16. The van der Waals surface area contributed by atoms with Gasteiger partial charge in [-0.25, -0.2) is 0 Å². The maximum Gasteiger partial charge on any atom is 0.0465 e. The van der Waals surface area contributed by atoms with Crippen molar-refractivity contribution in [1.29, 1.82) is 0 Å². The van der Waals surface area contributed by atoms with Crippen LogP contribution in [-0.4, -0.2) is 10.5 Å². The zero-order valence-electron chi connectivity index (χ0n) is 9.43. The summed E-state index contributed by atoms with van der Waals surface area (Å²) in [5.74, 6) is 0.628. The molecule has 16 heavy (non-hydrogen) atoms. The molecular formula is C12H16Cl2IN. The average Bonchev–Trinajstić information content (AvgIpc) is 2.21. The molecule has 1 unspecified atom stereocenters. The molecule has 0 bridgehead atoms. The third-order valence-electron chi connectivity index (χ3n) is 2.54. The molecule has 0 saturated heterocycles. The summed E-state index contributed by atoms with van der Waals surface area (Å²) >= 11 is 14.4. The SMILES string of the molecule is CC(C)C(CI)NCc1ccc(Cl)cc1Cl. The fraction of sp³-hybridized carbons (Fsp3) is 0.500. The highest BCUT2D eigenvalue weighted by atomic mass is 127. The van der Waals surface area contributed by atoms with Gasteiger partial charge in [0.2, 0.25) is 0 Å². The molecule has 1 aromatic carbocycles. The van der Waals surface area contributed by atoms with E-state index in [0.717, 1.165) is 21.6 Å². The Morgan fingerprint density at radius 1 is 1.31 bits per heavy atom. The first kappa shape index (κ1) is 14.6. The van der Waals surface area contributed by atoms with Crippen molar-refractivity contribution in [2.75, 3.05) is 4.43 Å². The molecule has 1 N–H and O–H groups in total. The molecule has 1 rings (SSSR count). The number of rotatable bonds is 5. The number of halogens is 3. The molecule has 1 nitrogen and oxygen atoms in total. The fourth-order valence-electron chi connectivity index (χ4n) is 1.37. The lowest BCUT2D eigenvalue weighted by Gasteiger charge is -2.20. The van der Waals surface area contributed by atoms with Crippen molar-refractivity contribution in [3.63, 3.8) is 0 Å². The minimum Gasteiger partial charge on any atom is -0.309 e. The second kappa shape index (κ2) is 7.04. The van der Waals surface area contributed by atoms with Gasteiger partial charge in [0.05, 0.1) is 0 Å². The highest BCUT2D eigenvalue weighted by Crippen LogP contribution is 2.21. The van der Waals surface area contributed by atoms with Crippen LogP contribution < -0.4 is 5.32 Å². The van der Waals surface area contributed by atoms with Crippen LogP contribution in [0.15, 0.2) is 18.2 Å². The van der Waals surface area contributed by atoms with E-state index in [4.69, 9.17) is 23.2 Å². The predicted octanol–water partition coefficient (Wildman–Crippen LogP) is 4.54. The van der Waals surface area contributed by atoms with Crippen LogP contribution in [0.1, 0.15) is 19.4 Å². The van der Waals surface area contributed by atoms with Gasteiger partial charge in [0.25, 0.3) is 0 Å². The number of hydrogen-bond acceptors (Lipinski definition) is 1. The van der Waals surface area contributed by atoms with Gasteiger partial charge in [0.15, 0.2) is 0 Å². The summed E-state index contributed by atoms with van der Waals surface area (Å²) in [5, 5.41) is 4.93. The third-order valence-corrected chi connectivity index (χ3v) is 4.08. The first-order chi connectivity index (χ1) is 7.54. The Kier molecular flexibility index (Phi) is 6.40. The Bertz CT molecular complexity index is 342. The van der Waals surface area contributed by atoms with E-state index >= 15 is 0 Å². The van der Waals surface area contributed by atoms with E-state index in [0.29, 0.717) is 17.0 Å². The first-order valence-corrected chi connectivity index (χ1v) is 7.56. The Morgan fingerprint density at radius 2 is 2.00 bits per heavy atom. The largest absolute Gasteiger partial charge is 0.309 e. The molecule has 1 aromatic rings. The summed E-state index contributed by atoms with van der Waals surface area (Å²) in [6.07, 6.45) is 0.